The van der Waals surface area contributed by atoms with E-state index in [1.165, 1.54) is 41.7 Å². The number of hydrogen-bond donors (Lipinski definition) is 4. The minimum absolute atomic E-state index is 0.0880. The van der Waals surface area contributed by atoms with E-state index in [9.17, 15) is 9.59 Å². The van der Waals surface area contributed by atoms with Gasteiger partial charge in [-0.25, -0.2) is 34.2 Å². The molecule has 0 amide bonds. The van der Waals surface area contributed by atoms with Gasteiger partial charge in [-0.15, -0.1) is 0 Å². The number of allylic oxidation sites excluding steroid dienone is 1. The van der Waals surface area contributed by atoms with Crippen molar-refractivity contribution in [3.05, 3.63) is 72.1 Å². The molecule has 3 aromatic heterocycles. The van der Waals surface area contributed by atoms with E-state index in [-0.39, 0.29) is 22.4 Å². The Morgan fingerprint density at radius 2 is 1.59 bits per heavy atom. The largest absolute Gasteiger partial charge is 0.476 e. The van der Waals surface area contributed by atoms with Crippen molar-refractivity contribution < 1.29 is 19.8 Å². The number of carboxylic acid groups (broad SMARTS) is 2. The first-order chi connectivity index (χ1) is 13.9. The molecule has 0 aromatic carbocycles. The van der Waals surface area contributed by atoms with E-state index in [0.717, 1.165) is 6.21 Å². The Labute approximate surface area is 168 Å². The van der Waals surface area contributed by atoms with E-state index in [4.69, 9.17) is 33.0 Å². The maximum absolute atomic E-state index is 10.8. The fourth-order valence-corrected chi connectivity index (χ4v) is 1.75. The van der Waals surface area contributed by atoms with E-state index in [1.807, 2.05) is 0 Å². The maximum Gasteiger partial charge on any atom is 0.358 e. The molecule has 0 aliphatic carbocycles. The van der Waals surface area contributed by atoms with Crippen molar-refractivity contribution in [2.75, 3.05) is 0 Å². The van der Waals surface area contributed by atoms with Crippen LogP contribution in [0, 0.1) is 5.41 Å². The molecule has 0 radical (unpaired) electrons. The van der Waals surface area contributed by atoms with Gasteiger partial charge in [0.25, 0.3) is 0 Å². The lowest BCUT2D eigenvalue weighted by atomic mass is 10.4. The van der Waals surface area contributed by atoms with Gasteiger partial charge in [-0.3, -0.25) is 0 Å². The predicted octanol–water partition coefficient (Wildman–Crippen LogP) is 1.30. The molecule has 3 rings (SSSR count). The van der Waals surface area contributed by atoms with Crippen LogP contribution in [0.1, 0.15) is 21.0 Å². The topological polar surface area (TPSA) is 194 Å². The van der Waals surface area contributed by atoms with Crippen molar-refractivity contribution in [3.8, 4) is 5.82 Å². The summed E-state index contributed by atoms with van der Waals surface area (Å²) in [5, 5.41) is 27.3. The Morgan fingerprint density at radius 1 is 1.00 bits per heavy atom. The fourth-order valence-electron chi connectivity index (χ4n) is 1.56. The van der Waals surface area contributed by atoms with E-state index >= 15 is 0 Å². The van der Waals surface area contributed by atoms with Gasteiger partial charge in [0.1, 0.15) is 0 Å². The molecule has 0 aliphatic heterocycles. The van der Waals surface area contributed by atoms with Gasteiger partial charge in [-0.05, 0) is 18.3 Å². The highest BCUT2D eigenvalue weighted by molar-refractivity contribution is 6.31. The number of nitrogens with zero attached hydrogens (tertiary/aromatic N) is 6. The van der Waals surface area contributed by atoms with Crippen molar-refractivity contribution in [2.45, 2.75) is 0 Å². The molecule has 13 heteroatoms. The minimum atomic E-state index is -1.17. The molecular formula is C16H15ClN8O4. The lowest BCUT2D eigenvalue weighted by Gasteiger charge is -2.01. The first-order valence-corrected chi connectivity index (χ1v) is 7.91. The normalized spacial score (nSPS) is 9.55. The van der Waals surface area contributed by atoms with Crippen LogP contribution in [-0.4, -0.2) is 58.1 Å². The van der Waals surface area contributed by atoms with Gasteiger partial charge in [0.15, 0.2) is 22.4 Å². The van der Waals surface area contributed by atoms with Crippen LogP contribution in [0.3, 0.4) is 0 Å². The summed E-state index contributed by atoms with van der Waals surface area (Å²) in [5.74, 6) is -2.08. The van der Waals surface area contributed by atoms with Gasteiger partial charge >= 0.3 is 11.9 Å². The highest BCUT2D eigenvalue weighted by atomic mass is 35.5. The lowest BCUT2D eigenvalue weighted by molar-refractivity contribution is 0.0679. The quantitative estimate of drug-likeness (QED) is 0.448. The molecule has 150 valence electrons. The third kappa shape index (κ3) is 7.52. The Hall–Kier alpha value is -4.19. The molecule has 12 nitrogen and oxygen atoms in total. The molecule has 0 saturated heterocycles. The van der Waals surface area contributed by atoms with Crippen LogP contribution < -0.4 is 5.73 Å². The molecule has 0 spiro atoms. The van der Waals surface area contributed by atoms with Crippen LogP contribution in [0.2, 0.25) is 5.15 Å². The monoisotopic (exact) mass is 418 g/mol. The predicted molar refractivity (Wildman–Crippen MR) is 102 cm³/mol. The Balaban J connectivity index is 0.000000245. The standard InChI is InChI=1S/C8H6N4O2.C5H3ClN2O2.C3H6N2/c13-8(14)6-7(10-4-3-9-6)12-5-1-2-11-12;6-4-3(5(9)10)7-1-2-8-4;4-2-1-3-5/h1-5H,(H,13,14);1-2H,(H,9,10);1-4H,5H2/b;;3-1-,4-2?. The first kappa shape index (κ1) is 22.9. The van der Waals surface area contributed by atoms with Crippen molar-refractivity contribution in [1.82, 2.24) is 29.7 Å². The van der Waals surface area contributed by atoms with Gasteiger partial charge in [0, 0.05) is 43.4 Å². The van der Waals surface area contributed by atoms with Gasteiger partial charge in [-0.1, -0.05) is 11.6 Å². The molecule has 3 heterocycles. The van der Waals surface area contributed by atoms with Crippen LogP contribution in [0.25, 0.3) is 5.82 Å². The summed E-state index contributed by atoms with van der Waals surface area (Å²) in [5.41, 5.74) is 4.47. The van der Waals surface area contributed by atoms with E-state index in [2.05, 4.69) is 25.0 Å². The molecular weight excluding hydrogens is 404 g/mol. The number of hydrogen-bond acceptors (Lipinski definition) is 9. The van der Waals surface area contributed by atoms with Gasteiger partial charge in [0.05, 0.1) is 0 Å². The number of carboxylic acids is 2. The smallest absolute Gasteiger partial charge is 0.358 e. The van der Waals surface area contributed by atoms with Crippen molar-refractivity contribution >= 4 is 29.8 Å². The molecule has 0 unspecified atom stereocenters. The van der Waals surface area contributed by atoms with Crippen LogP contribution in [0.5, 0.6) is 0 Å². The number of halogens is 1. The zero-order chi connectivity index (χ0) is 21.6. The Kier molecular flexibility index (Phi) is 9.65. The highest BCUT2D eigenvalue weighted by Crippen LogP contribution is 2.07. The Morgan fingerprint density at radius 3 is 2.00 bits per heavy atom. The summed E-state index contributed by atoms with van der Waals surface area (Å²) in [6.07, 6.45) is 12.4. The second-order valence-electron chi connectivity index (χ2n) is 4.54. The average molecular weight is 419 g/mol. The Bertz CT molecular complexity index is 979. The average Bonchev–Trinajstić information content (AvgIpc) is 3.24. The first-order valence-electron chi connectivity index (χ1n) is 7.53. The summed E-state index contributed by atoms with van der Waals surface area (Å²) >= 11 is 5.36. The van der Waals surface area contributed by atoms with Gasteiger partial charge in [-0.2, -0.15) is 5.10 Å². The molecule has 29 heavy (non-hydrogen) atoms. The molecule has 3 aromatic rings. The number of nitrogens with one attached hydrogen (secondary N) is 1. The summed E-state index contributed by atoms with van der Waals surface area (Å²) in [6, 6.07) is 1.68. The molecule has 0 bridgehead atoms. The second-order valence-corrected chi connectivity index (χ2v) is 4.89. The summed E-state index contributed by atoms with van der Waals surface area (Å²) in [7, 11) is 0. The van der Waals surface area contributed by atoms with Crippen LogP contribution in [0.15, 0.2) is 55.5 Å². The molecule has 5 N–H and O–H groups in total. The molecule has 0 aliphatic rings. The van der Waals surface area contributed by atoms with Crippen molar-refractivity contribution in [1.29, 1.82) is 5.41 Å². The number of aromatic carboxylic acids is 2. The maximum atomic E-state index is 10.8. The summed E-state index contributed by atoms with van der Waals surface area (Å²) in [4.78, 5) is 35.6. The van der Waals surface area contributed by atoms with Crippen LogP contribution >= 0.6 is 11.6 Å². The number of nitrogens with two attached hydrogens (primary N) is 1. The zero-order valence-electron chi connectivity index (χ0n) is 14.6. The number of aromatic nitrogens is 6. The minimum Gasteiger partial charge on any atom is -0.476 e. The fraction of sp³-hybridized carbons (Fsp3) is 0. The van der Waals surface area contributed by atoms with E-state index < -0.39 is 11.9 Å². The molecule has 0 fully saturated rings. The number of carbonyl (C=O) groups is 2. The number of rotatable bonds is 4. The van der Waals surface area contributed by atoms with Crippen molar-refractivity contribution in [2.24, 2.45) is 5.73 Å². The third-order valence-electron chi connectivity index (χ3n) is 2.67. The highest BCUT2D eigenvalue weighted by Gasteiger charge is 2.13. The SMILES string of the molecule is N=C/C=C\N.O=C(O)c1nccnc1-n1cccn1.O=C(O)c1nccnc1Cl. The summed E-state index contributed by atoms with van der Waals surface area (Å²) in [6.45, 7) is 0. The molecule has 0 saturated carbocycles. The van der Waals surface area contributed by atoms with E-state index in [1.54, 1.807) is 18.5 Å². The summed E-state index contributed by atoms with van der Waals surface area (Å²) < 4.78 is 1.36. The van der Waals surface area contributed by atoms with Crippen LogP contribution in [-0.2, 0) is 0 Å². The second kappa shape index (κ2) is 12.2. The zero-order valence-corrected chi connectivity index (χ0v) is 15.4. The third-order valence-corrected chi connectivity index (χ3v) is 2.94. The lowest BCUT2D eigenvalue weighted by Crippen LogP contribution is -2.10. The van der Waals surface area contributed by atoms with Gasteiger partial charge < -0.3 is 21.4 Å². The van der Waals surface area contributed by atoms with E-state index in [0.29, 0.717) is 0 Å². The molecule has 0 atom stereocenters. The van der Waals surface area contributed by atoms with Crippen molar-refractivity contribution in [3.63, 3.8) is 0 Å². The van der Waals surface area contributed by atoms with Gasteiger partial charge in [0.2, 0.25) is 0 Å². The van der Waals surface area contributed by atoms with Crippen LogP contribution in [0.4, 0.5) is 0 Å².